The second-order valence-electron chi connectivity index (χ2n) is 4.48. The molecule has 0 spiro atoms. The van der Waals surface area contributed by atoms with Crippen LogP contribution in [0.25, 0.3) is 0 Å². The topological polar surface area (TPSA) is 32.7 Å². The standard InChI is InChI=1S/C10H19NO2/c1-2-10(12)7-11(8-10)5-9-3-4-13-6-9/h9,12H,2-8H2,1H3. The minimum absolute atomic E-state index is 0.376. The number of ether oxygens (including phenoxy) is 1. The smallest absolute Gasteiger partial charge is 0.0897 e. The molecule has 2 fully saturated rings. The molecule has 3 heteroatoms. The molecule has 1 N–H and O–H groups in total. The van der Waals surface area contributed by atoms with Gasteiger partial charge in [-0.3, -0.25) is 4.90 Å². The summed E-state index contributed by atoms with van der Waals surface area (Å²) in [6, 6.07) is 0. The molecule has 0 aromatic carbocycles. The highest BCUT2D eigenvalue weighted by Crippen LogP contribution is 2.26. The average Bonchev–Trinajstić information content (AvgIpc) is 2.54. The van der Waals surface area contributed by atoms with Gasteiger partial charge in [-0.15, -0.1) is 0 Å². The Morgan fingerprint density at radius 2 is 2.31 bits per heavy atom. The molecule has 1 unspecified atom stereocenters. The minimum Gasteiger partial charge on any atom is -0.387 e. The summed E-state index contributed by atoms with van der Waals surface area (Å²) in [6.07, 6.45) is 2.08. The lowest BCUT2D eigenvalue weighted by Gasteiger charge is -2.47. The lowest BCUT2D eigenvalue weighted by molar-refractivity contribution is -0.104. The number of aliphatic hydroxyl groups is 1. The number of nitrogens with zero attached hydrogens (tertiary/aromatic N) is 1. The van der Waals surface area contributed by atoms with E-state index in [2.05, 4.69) is 11.8 Å². The Balaban J connectivity index is 1.68. The van der Waals surface area contributed by atoms with Gasteiger partial charge >= 0.3 is 0 Å². The predicted octanol–water partition coefficient (Wildman–Crippen LogP) is 0.480. The van der Waals surface area contributed by atoms with E-state index >= 15 is 0 Å². The van der Waals surface area contributed by atoms with Gasteiger partial charge in [-0.1, -0.05) is 6.92 Å². The Labute approximate surface area is 79.7 Å². The van der Waals surface area contributed by atoms with Crippen molar-refractivity contribution in [3.63, 3.8) is 0 Å². The molecule has 2 aliphatic rings. The van der Waals surface area contributed by atoms with E-state index in [1.54, 1.807) is 0 Å². The molecule has 0 amide bonds. The van der Waals surface area contributed by atoms with Crippen LogP contribution in [0.5, 0.6) is 0 Å². The maximum atomic E-state index is 9.79. The molecule has 0 aliphatic carbocycles. The molecular weight excluding hydrogens is 166 g/mol. The Bertz CT molecular complexity index is 172. The normalized spacial score (nSPS) is 33.2. The highest BCUT2D eigenvalue weighted by atomic mass is 16.5. The molecule has 3 nitrogen and oxygen atoms in total. The van der Waals surface area contributed by atoms with Crippen LogP contribution in [0, 0.1) is 5.92 Å². The second kappa shape index (κ2) is 3.56. The first-order valence-electron chi connectivity index (χ1n) is 5.24. The Hall–Kier alpha value is -0.120. The molecule has 2 aliphatic heterocycles. The van der Waals surface area contributed by atoms with E-state index in [-0.39, 0.29) is 5.60 Å². The van der Waals surface area contributed by atoms with Gasteiger partial charge < -0.3 is 9.84 Å². The van der Waals surface area contributed by atoms with Crippen molar-refractivity contribution in [2.24, 2.45) is 5.92 Å². The average molecular weight is 185 g/mol. The van der Waals surface area contributed by atoms with Crippen molar-refractivity contribution in [1.29, 1.82) is 0 Å². The second-order valence-corrected chi connectivity index (χ2v) is 4.48. The van der Waals surface area contributed by atoms with Crippen molar-refractivity contribution in [3.8, 4) is 0 Å². The minimum atomic E-state index is -0.376. The van der Waals surface area contributed by atoms with Crippen molar-refractivity contribution in [3.05, 3.63) is 0 Å². The predicted molar refractivity (Wildman–Crippen MR) is 50.6 cm³/mol. The van der Waals surface area contributed by atoms with Crippen molar-refractivity contribution >= 4 is 0 Å². The Kier molecular flexibility index (Phi) is 2.58. The highest BCUT2D eigenvalue weighted by molar-refractivity contribution is 4.95. The largest absolute Gasteiger partial charge is 0.387 e. The van der Waals surface area contributed by atoms with Gasteiger partial charge in [0.25, 0.3) is 0 Å². The van der Waals surface area contributed by atoms with Crippen LogP contribution in [0.2, 0.25) is 0 Å². The lowest BCUT2D eigenvalue weighted by Crippen LogP contribution is -2.62. The van der Waals surface area contributed by atoms with Crippen LogP contribution in [0.4, 0.5) is 0 Å². The number of hydrogen-bond acceptors (Lipinski definition) is 3. The van der Waals surface area contributed by atoms with Gasteiger partial charge in [0, 0.05) is 26.2 Å². The molecule has 0 aromatic rings. The van der Waals surface area contributed by atoms with E-state index in [1.807, 2.05) is 0 Å². The van der Waals surface area contributed by atoms with E-state index in [4.69, 9.17) is 4.74 Å². The van der Waals surface area contributed by atoms with Crippen LogP contribution >= 0.6 is 0 Å². The molecule has 0 radical (unpaired) electrons. The molecule has 1 atom stereocenters. The molecule has 2 rings (SSSR count). The molecule has 0 aromatic heterocycles. The van der Waals surface area contributed by atoms with E-state index in [0.29, 0.717) is 5.92 Å². The first-order chi connectivity index (χ1) is 6.22. The quantitative estimate of drug-likeness (QED) is 0.694. The molecule has 0 bridgehead atoms. The zero-order valence-electron chi connectivity index (χ0n) is 8.33. The van der Waals surface area contributed by atoms with Gasteiger partial charge in [0.15, 0.2) is 0 Å². The first-order valence-corrected chi connectivity index (χ1v) is 5.24. The summed E-state index contributed by atoms with van der Waals surface area (Å²) in [7, 11) is 0. The summed E-state index contributed by atoms with van der Waals surface area (Å²) in [5.74, 6) is 0.710. The zero-order valence-corrected chi connectivity index (χ0v) is 8.33. The fraction of sp³-hybridized carbons (Fsp3) is 1.00. The van der Waals surface area contributed by atoms with Crippen molar-refractivity contribution in [1.82, 2.24) is 4.90 Å². The van der Waals surface area contributed by atoms with Crippen molar-refractivity contribution in [2.45, 2.75) is 25.4 Å². The van der Waals surface area contributed by atoms with Gasteiger partial charge in [-0.25, -0.2) is 0 Å². The number of likely N-dealkylation sites (tertiary alicyclic amines) is 1. The van der Waals surface area contributed by atoms with Crippen LogP contribution in [0.3, 0.4) is 0 Å². The van der Waals surface area contributed by atoms with Gasteiger partial charge in [-0.05, 0) is 18.8 Å². The number of hydrogen-bond donors (Lipinski definition) is 1. The Morgan fingerprint density at radius 3 is 2.85 bits per heavy atom. The maximum Gasteiger partial charge on any atom is 0.0897 e. The van der Waals surface area contributed by atoms with E-state index in [0.717, 1.165) is 39.3 Å². The summed E-state index contributed by atoms with van der Waals surface area (Å²) in [5.41, 5.74) is -0.376. The molecular formula is C10H19NO2. The maximum absolute atomic E-state index is 9.79. The third-order valence-electron chi connectivity index (χ3n) is 3.23. The fourth-order valence-electron chi connectivity index (χ4n) is 2.23. The summed E-state index contributed by atoms with van der Waals surface area (Å²) in [6.45, 7) is 6.73. The molecule has 2 saturated heterocycles. The van der Waals surface area contributed by atoms with Crippen LogP contribution < -0.4 is 0 Å². The molecule has 13 heavy (non-hydrogen) atoms. The molecule has 76 valence electrons. The third kappa shape index (κ3) is 2.03. The Morgan fingerprint density at radius 1 is 1.54 bits per heavy atom. The van der Waals surface area contributed by atoms with E-state index < -0.39 is 0 Å². The SMILES string of the molecule is CCC1(O)CN(CC2CCOC2)C1. The van der Waals surface area contributed by atoms with E-state index in [9.17, 15) is 5.11 Å². The summed E-state index contributed by atoms with van der Waals surface area (Å²) in [5, 5.41) is 9.79. The van der Waals surface area contributed by atoms with Crippen LogP contribution in [-0.4, -0.2) is 48.5 Å². The van der Waals surface area contributed by atoms with Gasteiger partial charge in [0.05, 0.1) is 12.2 Å². The monoisotopic (exact) mass is 185 g/mol. The highest BCUT2D eigenvalue weighted by Gasteiger charge is 2.40. The molecule has 0 saturated carbocycles. The number of β-amino-alcohol motifs (C(OH)–C–C–N with tert-alkyl or cyclic N) is 1. The summed E-state index contributed by atoms with van der Waals surface area (Å²) in [4.78, 5) is 2.34. The van der Waals surface area contributed by atoms with Crippen LogP contribution in [-0.2, 0) is 4.74 Å². The number of rotatable bonds is 3. The fourth-order valence-corrected chi connectivity index (χ4v) is 2.23. The van der Waals surface area contributed by atoms with Gasteiger partial charge in [-0.2, -0.15) is 0 Å². The third-order valence-corrected chi connectivity index (χ3v) is 3.23. The van der Waals surface area contributed by atoms with Crippen LogP contribution in [0.1, 0.15) is 19.8 Å². The molecule has 2 heterocycles. The zero-order chi connectivity index (χ0) is 9.31. The van der Waals surface area contributed by atoms with Gasteiger partial charge in [0.1, 0.15) is 0 Å². The first kappa shape index (κ1) is 9.44. The lowest BCUT2D eigenvalue weighted by atomic mass is 9.90. The van der Waals surface area contributed by atoms with E-state index in [1.165, 1.54) is 6.42 Å². The van der Waals surface area contributed by atoms with Crippen molar-refractivity contribution < 1.29 is 9.84 Å². The van der Waals surface area contributed by atoms with Crippen molar-refractivity contribution in [2.75, 3.05) is 32.8 Å². The summed E-state index contributed by atoms with van der Waals surface area (Å²) < 4.78 is 5.32. The van der Waals surface area contributed by atoms with Gasteiger partial charge in [0.2, 0.25) is 0 Å². The van der Waals surface area contributed by atoms with Crippen LogP contribution in [0.15, 0.2) is 0 Å². The summed E-state index contributed by atoms with van der Waals surface area (Å²) >= 11 is 0.